The average molecular weight is 354 g/mol. The summed E-state index contributed by atoms with van der Waals surface area (Å²) < 4.78 is 0.364. The molecule has 2 aliphatic rings. The molecule has 1 amide bonds. The molecule has 1 saturated carbocycles. The van der Waals surface area contributed by atoms with E-state index in [4.69, 9.17) is 0 Å². The van der Waals surface area contributed by atoms with Crippen LogP contribution in [0.2, 0.25) is 0 Å². The first-order valence-corrected chi connectivity index (χ1v) is 7.84. The molecule has 1 saturated heterocycles. The quantitative estimate of drug-likeness (QED) is 0.646. The number of nitro benzene ring substituents is 1. The maximum atomic E-state index is 12.4. The number of benzene rings is 1. The summed E-state index contributed by atoms with van der Waals surface area (Å²) >= 11 is 3.16. The molecular formula is C14H16BrN3O3. The van der Waals surface area contributed by atoms with Crippen LogP contribution in [-0.2, 0) is 4.79 Å². The second kappa shape index (κ2) is 5.73. The summed E-state index contributed by atoms with van der Waals surface area (Å²) in [6.07, 6.45) is 3.49. The van der Waals surface area contributed by atoms with Gasteiger partial charge in [-0.05, 0) is 59.3 Å². The van der Waals surface area contributed by atoms with E-state index in [1.54, 1.807) is 12.1 Å². The Labute approximate surface area is 130 Å². The molecule has 0 aromatic heterocycles. The number of nitro groups is 1. The Hall–Kier alpha value is -1.47. The Morgan fingerprint density at radius 1 is 1.43 bits per heavy atom. The molecule has 1 aromatic rings. The van der Waals surface area contributed by atoms with E-state index in [0.29, 0.717) is 22.0 Å². The van der Waals surface area contributed by atoms with Gasteiger partial charge in [0.05, 0.1) is 15.4 Å². The number of amides is 1. The van der Waals surface area contributed by atoms with E-state index in [2.05, 4.69) is 26.6 Å². The van der Waals surface area contributed by atoms with Gasteiger partial charge in [-0.1, -0.05) is 6.42 Å². The number of carbonyl (C=O) groups excluding carboxylic acids is 1. The van der Waals surface area contributed by atoms with Crippen molar-refractivity contribution in [3.63, 3.8) is 0 Å². The van der Waals surface area contributed by atoms with Gasteiger partial charge in [-0.2, -0.15) is 0 Å². The lowest BCUT2D eigenvalue weighted by molar-refractivity contribution is -0.385. The van der Waals surface area contributed by atoms with Crippen molar-refractivity contribution in [2.75, 3.05) is 11.9 Å². The van der Waals surface area contributed by atoms with Gasteiger partial charge in [0.15, 0.2) is 0 Å². The molecule has 1 aliphatic carbocycles. The maximum absolute atomic E-state index is 12.4. The van der Waals surface area contributed by atoms with Crippen LogP contribution in [0.1, 0.15) is 19.3 Å². The van der Waals surface area contributed by atoms with E-state index < -0.39 is 4.92 Å². The summed E-state index contributed by atoms with van der Waals surface area (Å²) in [7, 11) is 0. The smallest absolute Gasteiger partial charge is 0.283 e. The highest BCUT2D eigenvalue weighted by atomic mass is 79.9. The van der Waals surface area contributed by atoms with E-state index in [-0.39, 0.29) is 17.6 Å². The van der Waals surface area contributed by atoms with Crippen LogP contribution in [0, 0.1) is 22.0 Å². The van der Waals surface area contributed by atoms with E-state index in [0.717, 1.165) is 13.0 Å². The summed E-state index contributed by atoms with van der Waals surface area (Å²) in [5.74, 6) is 0.987. The molecule has 1 heterocycles. The third kappa shape index (κ3) is 2.80. The number of hydrogen-bond acceptors (Lipinski definition) is 4. The third-order valence-corrected chi connectivity index (χ3v) is 5.08. The summed E-state index contributed by atoms with van der Waals surface area (Å²) in [4.78, 5) is 22.7. The Balaban J connectivity index is 1.70. The Kier molecular flexibility index (Phi) is 3.95. The van der Waals surface area contributed by atoms with Crippen LogP contribution in [0.3, 0.4) is 0 Å². The fourth-order valence-electron chi connectivity index (χ4n) is 3.43. The summed E-state index contributed by atoms with van der Waals surface area (Å²) in [5, 5.41) is 16.9. The van der Waals surface area contributed by atoms with E-state index in [9.17, 15) is 14.9 Å². The topological polar surface area (TPSA) is 84.3 Å². The number of rotatable bonds is 3. The van der Waals surface area contributed by atoms with Crippen LogP contribution in [0.25, 0.3) is 0 Å². The zero-order valence-electron chi connectivity index (χ0n) is 11.3. The van der Waals surface area contributed by atoms with Crippen molar-refractivity contribution in [1.29, 1.82) is 0 Å². The van der Waals surface area contributed by atoms with E-state index in [1.807, 2.05) is 0 Å². The first-order valence-electron chi connectivity index (χ1n) is 7.04. The van der Waals surface area contributed by atoms with Gasteiger partial charge in [0.25, 0.3) is 5.69 Å². The lowest BCUT2D eigenvalue weighted by Crippen LogP contribution is -2.39. The molecule has 3 atom stereocenters. The normalized spacial score (nSPS) is 27.4. The van der Waals surface area contributed by atoms with Gasteiger partial charge in [-0.3, -0.25) is 14.9 Å². The number of hydrogen-bond donors (Lipinski definition) is 2. The summed E-state index contributed by atoms with van der Waals surface area (Å²) in [5.41, 5.74) is 0.559. The molecule has 2 fully saturated rings. The summed E-state index contributed by atoms with van der Waals surface area (Å²) in [6.45, 7) is 0.909. The first-order chi connectivity index (χ1) is 10.1. The second-order valence-electron chi connectivity index (χ2n) is 5.65. The molecule has 1 aliphatic heterocycles. The number of fused-ring (bicyclic) bond motifs is 1. The Morgan fingerprint density at radius 2 is 2.24 bits per heavy atom. The van der Waals surface area contributed by atoms with Crippen molar-refractivity contribution in [3.05, 3.63) is 32.8 Å². The van der Waals surface area contributed by atoms with Crippen molar-refractivity contribution < 1.29 is 9.72 Å². The maximum Gasteiger partial charge on any atom is 0.283 e. The molecular weight excluding hydrogens is 338 g/mol. The number of nitrogens with one attached hydrogen (secondary N) is 2. The standard InChI is InChI=1S/C14H16BrN3O3/c15-11-6-9(4-5-12(11)18(20)21)17-14(19)13-10-3-1-2-8(10)7-16-13/h4-6,8,10,13,16H,1-3,7H2,(H,17,19). The van der Waals surface area contributed by atoms with Crippen LogP contribution >= 0.6 is 15.9 Å². The van der Waals surface area contributed by atoms with Crippen molar-refractivity contribution in [1.82, 2.24) is 5.32 Å². The Bertz CT molecular complexity index is 593. The first kappa shape index (κ1) is 14.5. The molecule has 0 radical (unpaired) electrons. The van der Waals surface area contributed by atoms with Gasteiger partial charge in [-0.25, -0.2) is 0 Å². The lowest BCUT2D eigenvalue weighted by Gasteiger charge is -2.17. The van der Waals surface area contributed by atoms with Gasteiger partial charge in [0.2, 0.25) is 5.91 Å². The van der Waals surface area contributed by atoms with Crippen molar-refractivity contribution in [2.45, 2.75) is 25.3 Å². The van der Waals surface area contributed by atoms with E-state index in [1.165, 1.54) is 18.9 Å². The van der Waals surface area contributed by atoms with Crippen LogP contribution in [0.15, 0.2) is 22.7 Å². The number of anilines is 1. The fraction of sp³-hybridized carbons (Fsp3) is 0.500. The molecule has 3 unspecified atom stereocenters. The second-order valence-corrected chi connectivity index (χ2v) is 6.51. The fourth-order valence-corrected chi connectivity index (χ4v) is 3.95. The minimum absolute atomic E-state index is 0.0113. The molecule has 1 aromatic carbocycles. The lowest BCUT2D eigenvalue weighted by atomic mass is 9.93. The van der Waals surface area contributed by atoms with Crippen LogP contribution < -0.4 is 10.6 Å². The van der Waals surface area contributed by atoms with Gasteiger partial charge in [-0.15, -0.1) is 0 Å². The molecule has 6 nitrogen and oxygen atoms in total. The monoisotopic (exact) mass is 353 g/mol. The van der Waals surface area contributed by atoms with Crippen molar-refractivity contribution >= 4 is 33.2 Å². The van der Waals surface area contributed by atoms with Crippen LogP contribution in [0.5, 0.6) is 0 Å². The molecule has 0 bridgehead atoms. The highest BCUT2D eigenvalue weighted by Crippen LogP contribution is 2.38. The molecule has 21 heavy (non-hydrogen) atoms. The van der Waals surface area contributed by atoms with Gasteiger partial charge in [0.1, 0.15) is 0 Å². The highest BCUT2D eigenvalue weighted by molar-refractivity contribution is 9.10. The Morgan fingerprint density at radius 3 is 2.95 bits per heavy atom. The molecule has 7 heteroatoms. The van der Waals surface area contributed by atoms with E-state index >= 15 is 0 Å². The number of halogens is 1. The summed E-state index contributed by atoms with van der Waals surface area (Å²) in [6, 6.07) is 4.37. The molecule has 2 N–H and O–H groups in total. The number of carbonyl (C=O) groups is 1. The van der Waals surface area contributed by atoms with Crippen LogP contribution in [0.4, 0.5) is 11.4 Å². The molecule has 3 rings (SSSR count). The number of nitrogens with zero attached hydrogens (tertiary/aromatic N) is 1. The highest BCUT2D eigenvalue weighted by Gasteiger charge is 2.42. The zero-order valence-corrected chi connectivity index (χ0v) is 12.9. The van der Waals surface area contributed by atoms with Crippen LogP contribution in [-0.4, -0.2) is 23.4 Å². The average Bonchev–Trinajstić information content (AvgIpc) is 3.00. The SMILES string of the molecule is O=C(Nc1ccc([N+](=O)[O-])c(Br)c1)C1NCC2CCCC21. The van der Waals surface area contributed by atoms with Crippen molar-refractivity contribution in [2.24, 2.45) is 11.8 Å². The predicted octanol–water partition coefficient (Wildman–Crippen LogP) is 2.68. The van der Waals surface area contributed by atoms with Gasteiger partial charge >= 0.3 is 0 Å². The van der Waals surface area contributed by atoms with Crippen molar-refractivity contribution in [3.8, 4) is 0 Å². The molecule has 112 valence electrons. The molecule has 0 spiro atoms. The van der Waals surface area contributed by atoms with Gasteiger partial charge in [0, 0.05) is 11.8 Å². The zero-order chi connectivity index (χ0) is 15.0. The third-order valence-electron chi connectivity index (χ3n) is 4.44. The predicted molar refractivity (Wildman–Crippen MR) is 82.0 cm³/mol. The van der Waals surface area contributed by atoms with Gasteiger partial charge < -0.3 is 10.6 Å². The largest absolute Gasteiger partial charge is 0.325 e. The minimum atomic E-state index is -0.461. The minimum Gasteiger partial charge on any atom is -0.325 e.